The van der Waals surface area contributed by atoms with Gasteiger partial charge in [0.05, 0.1) is 17.3 Å². The fourth-order valence-corrected chi connectivity index (χ4v) is 5.34. The average Bonchev–Trinajstić information content (AvgIpc) is 3.14. The van der Waals surface area contributed by atoms with E-state index in [1.807, 2.05) is 55.4 Å². The van der Waals surface area contributed by atoms with Gasteiger partial charge in [-0.25, -0.2) is 4.98 Å². The number of thioether (sulfide) groups is 1. The quantitative estimate of drug-likeness (QED) is 0.337. The van der Waals surface area contributed by atoms with Crippen molar-refractivity contribution in [3.05, 3.63) is 46.9 Å². The second-order valence-corrected chi connectivity index (χ2v) is 10.2. The summed E-state index contributed by atoms with van der Waals surface area (Å²) in [6, 6.07) is 14.0. The number of anilines is 1. The Morgan fingerprint density at radius 2 is 1.93 bits per heavy atom. The first-order valence-corrected chi connectivity index (χ1v) is 12.3. The van der Waals surface area contributed by atoms with Crippen molar-refractivity contribution in [2.45, 2.75) is 17.7 Å². The number of halogens is 1. The summed E-state index contributed by atoms with van der Waals surface area (Å²) in [5.74, 6) is 1.68. The molecule has 3 rings (SSSR count). The number of carbonyl (C=O) groups is 1. The van der Waals surface area contributed by atoms with Gasteiger partial charge in [0, 0.05) is 28.1 Å². The van der Waals surface area contributed by atoms with Crippen LogP contribution in [0, 0.1) is 0 Å². The molecule has 0 N–H and O–H groups in total. The summed E-state index contributed by atoms with van der Waals surface area (Å²) in [7, 11) is 5.76. The summed E-state index contributed by atoms with van der Waals surface area (Å²) in [4.78, 5) is 22.9. The standard InChI is InChI=1S/C22H26BrN3O2S2/c1-25(2)12-4-13-26(22-24-19-10-5-16(23)15-20(19)30-22)21(27)11-14-29-18-8-6-17(28-3)7-9-18/h5-10,15H,4,11-14H2,1-3H3. The van der Waals surface area contributed by atoms with Crippen LogP contribution in [-0.4, -0.2) is 55.8 Å². The van der Waals surface area contributed by atoms with E-state index in [2.05, 4.69) is 26.9 Å². The zero-order valence-corrected chi connectivity index (χ0v) is 20.6. The molecule has 30 heavy (non-hydrogen) atoms. The van der Waals surface area contributed by atoms with Crippen LogP contribution in [-0.2, 0) is 4.79 Å². The number of ether oxygens (including phenoxy) is 1. The largest absolute Gasteiger partial charge is 0.497 e. The van der Waals surface area contributed by atoms with Crippen molar-refractivity contribution in [3.8, 4) is 5.75 Å². The van der Waals surface area contributed by atoms with Gasteiger partial charge in [-0.3, -0.25) is 9.69 Å². The highest BCUT2D eigenvalue weighted by Crippen LogP contribution is 2.31. The van der Waals surface area contributed by atoms with Gasteiger partial charge >= 0.3 is 0 Å². The Morgan fingerprint density at radius 3 is 2.63 bits per heavy atom. The topological polar surface area (TPSA) is 45.7 Å². The van der Waals surface area contributed by atoms with Crippen LogP contribution in [0.25, 0.3) is 10.2 Å². The lowest BCUT2D eigenvalue weighted by Crippen LogP contribution is -2.33. The summed E-state index contributed by atoms with van der Waals surface area (Å²) in [5, 5.41) is 0.779. The molecule has 8 heteroatoms. The first kappa shape index (κ1) is 23.1. The molecular weight excluding hydrogens is 482 g/mol. The van der Waals surface area contributed by atoms with Crippen LogP contribution in [0.4, 0.5) is 5.13 Å². The van der Waals surface area contributed by atoms with Crippen molar-refractivity contribution in [1.82, 2.24) is 9.88 Å². The molecule has 0 atom stereocenters. The van der Waals surface area contributed by atoms with Gasteiger partial charge < -0.3 is 9.64 Å². The molecule has 3 aromatic rings. The number of aromatic nitrogens is 1. The van der Waals surface area contributed by atoms with Crippen LogP contribution < -0.4 is 9.64 Å². The Balaban J connectivity index is 1.67. The third-order valence-corrected chi connectivity index (χ3v) is 7.05. The van der Waals surface area contributed by atoms with Crippen molar-refractivity contribution in [2.24, 2.45) is 0 Å². The fourth-order valence-electron chi connectivity index (χ4n) is 2.94. The van der Waals surface area contributed by atoms with E-state index in [9.17, 15) is 4.79 Å². The van der Waals surface area contributed by atoms with Gasteiger partial charge in [-0.2, -0.15) is 0 Å². The Kier molecular flexibility index (Phi) is 8.56. The zero-order chi connectivity index (χ0) is 21.5. The van der Waals surface area contributed by atoms with E-state index >= 15 is 0 Å². The van der Waals surface area contributed by atoms with Crippen molar-refractivity contribution < 1.29 is 9.53 Å². The second-order valence-electron chi connectivity index (χ2n) is 7.08. The number of methoxy groups -OCH3 is 1. The molecule has 2 aromatic carbocycles. The molecule has 5 nitrogen and oxygen atoms in total. The van der Waals surface area contributed by atoms with Gasteiger partial charge in [0.2, 0.25) is 5.91 Å². The van der Waals surface area contributed by atoms with Crippen molar-refractivity contribution in [3.63, 3.8) is 0 Å². The maximum atomic E-state index is 13.1. The van der Waals surface area contributed by atoms with Crippen LogP contribution in [0.2, 0.25) is 0 Å². The first-order chi connectivity index (χ1) is 14.5. The van der Waals surface area contributed by atoms with Gasteiger partial charge in [0.1, 0.15) is 5.75 Å². The first-order valence-electron chi connectivity index (χ1n) is 9.74. The van der Waals surface area contributed by atoms with Crippen molar-refractivity contribution in [2.75, 3.05) is 44.9 Å². The molecule has 1 amide bonds. The highest BCUT2D eigenvalue weighted by atomic mass is 79.9. The lowest BCUT2D eigenvalue weighted by Gasteiger charge is -2.21. The molecule has 0 fully saturated rings. The van der Waals surface area contributed by atoms with E-state index in [1.165, 1.54) is 0 Å². The summed E-state index contributed by atoms with van der Waals surface area (Å²) < 4.78 is 7.30. The molecule has 0 aliphatic rings. The number of benzene rings is 2. The van der Waals surface area contributed by atoms with E-state index in [0.29, 0.717) is 13.0 Å². The Morgan fingerprint density at radius 1 is 1.17 bits per heavy atom. The van der Waals surface area contributed by atoms with E-state index in [1.54, 1.807) is 30.2 Å². The zero-order valence-electron chi connectivity index (χ0n) is 17.4. The van der Waals surface area contributed by atoms with E-state index < -0.39 is 0 Å². The summed E-state index contributed by atoms with van der Waals surface area (Å²) in [5.41, 5.74) is 0.927. The van der Waals surface area contributed by atoms with E-state index in [0.717, 1.165) is 49.2 Å². The fraction of sp³-hybridized carbons (Fsp3) is 0.364. The number of fused-ring (bicyclic) bond motifs is 1. The molecule has 0 unspecified atom stereocenters. The van der Waals surface area contributed by atoms with Crippen molar-refractivity contribution >= 4 is 60.3 Å². The van der Waals surface area contributed by atoms with Gasteiger partial charge in [-0.1, -0.05) is 27.3 Å². The van der Waals surface area contributed by atoms with Crippen LogP contribution in [0.3, 0.4) is 0 Å². The number of amides is 1. The summed E-state index contributed by atoms with van der Waals surface area (Å²) in [6.07, 6.45) is 1.38. The third kappa shape index (κ3) is 6.44. The molecule has 1 aromatic heterocycles. The smallest absolute Gasteiger partial charge is 0.229 e. The minimum Gasteiger partial charge on any atom is -0.497 e. The summed E-state index contributed by atoms with van der Waals surface area (Å²) >= 11 is 6.77. The number of hydrogen-bond donors (Lipinski definition) is 0. The predicted molar refractivity (Wildman–Crippen MR) is 131 cm³/mol. The number of hydrogen-bond acceptors (Lipinski definition) is 6. The number of carbonyl (C=O) groups excluding carboxylic acids is 1. The maximum absolute atomic E-state index is 13.1. The van der Waals surface area contributed by atoms with Gasteiger partial charge in [-0.15, -0.1) is 11.8 Å². The monoisotopic (exact) mass is 507 g/mol. The molecule has 0 aliphatic carbocycles. The summed E-state index contributed by atoms with van der Waals surface area (Å²) in [6.45, 7) is 1.60. The molecule has 160 valence electrons. The maximum Gasteiger partial charge on any atom is 0.229 e. The molecule has 0 aliphatic heterocycles. The highest BCUT2D eigenvalue weighted by Gasteiger charge is 2.19. The predicted octanol–water partition coefficient (Wildman–Crippen LogP) is 5.53. The van der Waals surface area contributed by atoms with Crippen molar-refractivity contribution in [1.29, 1.82) is 0 Å². The van der Waals surface area contributed by atoms with Gasteiger partial charge in [0.15, 0.2) is 5.13 Å². The lowest BCUT2D eigenvalue weighted by molar-refractivity contribution is -0.118. The average molecular weight is 509 g/mol. The van der Waals surface area contributed by atoms with Gasteiger partial charge in [-0.05, 0) is 69.5 Å². The molecule has 0 saturated carbocycles. The molecule has 0 saturated heterocycles. The molecule has 1 heterocycles. The van der Waals surface area contributed by atoms with Gasteiger partial charge in [0.25, 0.3) is 0 Å². The molecular formula is C22H26BrN3O2S2. The van der Waals surface area contributed by atoms with E-state index in [-0.39, 0.29) is 5.91 Å². The number of rotatable bonds is 10. The molecule has 0 spiro atoms. The minimum atomic E-state index is 0.118. The van der Waals surface area contributed by atoms with Crippen LogP contribution >= 0.6 is 39.0 Å². The SMILES string of the molecule is COc1ccc(SCCC(=O)N(CCCN(C)C)c2nc3ccc(Br)cc3s2)cc1. The molecule has 0 bridgehead atoms. The Bertz CT molecular complexity index is 976. The Hall–Kier alpha value is -1.61. The minimum absolute atomic E-state index is 0.118. The lowest BCUT2D eigenvalue weighted by atomic mass is 10.3. The second kappa shape index (κ2) is 11.1. The highest BCUT2D eigenvalue weighted by molar-refractivity contribution is 9.10. The van der Waals surface area contributed by atoms with Crippen LogP contribution in [0.1, 0.15) is 12.8 Å². The number of thiazole rings is 1. The van der Waals surface area contributed by atoms with Crippen LogP contribution in [0.5, 0.6) is 5.75 Å². The van der Waals surface area contributed by atoms with Crippen LogP contribution in [0.15, 0.2) is 51.8 Å². The third-order valence-electron chi connectivity index (χ3n) is 4.50. The Labute approximate surface area is 194 Å². The normalized spacial score (nSPS) is 11.2. The molecule has 0 radical (unpaired) electrons. The number of nitrogens with zero attached hydrogens (tertiary/aromatic N) is 3. The van der Waals surface area contributed by atoms with E-state index in [4.69, 9.17) is 9.72 Å².